The van der Waals surface area contributed by atoms with Crippen molar-refractivity contribution >= 4 is 23.2 Å². The van der Waals surface area contributed by atoms with Gasteiger partial charge in [0.1, 0.15) is 6.61 Å². The van der Waals surface area contributed by atoms with E-state index in [0.29, 0.717) is 40.8 Å². The van der Waals surface area contributed by atoms with Crippen LogP contribution in [0.15, 0.2) is 36.4 Å². The minimum Gasteiger partial charge on any atom is -0.490 e. The van der Waals surface area contributed by atoms with E-state index >= 15 is 0 Å². The second kappa shape index (κ2) is 9.91. The van der Waals surface area contributed by atoms with E-state index in [-0.39, 0.29) is 0 Å². The Morgan fingerprint density at radius 3 is 2.52 bits per heavy atom. The molecule has 0 saturated carbocycles. The first kappa shape index (κ1) is 19.9. The average molecular weight is 382 g/mol. The molecule has 3 nitrogen and oxygen atoms in total. The molecule has 0 radical (unpaired) electrons. The molecule has 0 heterocycles. The van der Waals surface area contributed by atoms with Crippen molar-refractivity contribution in [2.24, 2.45) is 0 Å². The van der Waals surface area contributed by atoms with Crippen molar-refractivity contribution in [3.8, 4) is 11.5 Å². The van der Waals surface area contributed by atoms with Crippen molar-refractivity contribution in [3.63, 3.8) is 0 Å². The van der Waals surface area contributed by atoms with Gasteiger partial charge in [0.2, 0.25) is 0 Å². The van der Waals surface area contributed by atoms with Crippen LogP contribution < -0.4 is 14.8 Å². The Hall–Kier alpha value is -1.42. The van der Waals surface area contributed by atoms with Crippen LogP contribution in [0.5, 0.6) is 11.5 Å². The molecule has 0 fully saturated rings. The van der Waals surface area contributed by atoms with Gasteiger partial charge in [-0.3, -0.25) is 0 Å². The fourth-order valence-electron chi connectivity index (χ4n) is 2.35. The number of ether oxygens (including phenoxy) is 2. The minimum absolute atomic E-state index is 0.380. The second-order valence-electron chi connectivity index (χ2n) is 5.95. The molecule has 136 valence electrons. The SMILES string of the molecule is CCOc1cc(CN[C@H](C)CC)cc(Cl)c1OCc1cccc(Cl)c1. The zero-order chi connectivity index (χ0) is 18.2. The van der Waals surface area contributed by atoms with Crippen molar-refractivity contribution in [1.82, 2.24) is 5.32 Å². The number of hydrogen-bond donors (Lipinski definition) is 1. The molecule has 0 saturated heterocycles. The number of hydrogen-bond acceptors (Lipinski definition) is 3. The zero-order valence-electron chi connectivity index (χ0n) is 14.9. The van der Waals surface area contributed by atoms with Crippen LogP contribution in [0, 0.1) is 0 Å². The summed E-state index contributed by atoms with van der Waals surface area (Å²) < 4.78 is 11.7. The van der Waals surface area contributed by atoms with Gasteiger partial charge in [-0.15, -0.1) is 0 Å². The van der Waals surface area contributed by atoms with E-state index in [1.54, 1.807) is 0 Å². The molecule has 0 aliphatic carbocycles. The number of halogens is 2. The third-order valence-electron chi connectivity index (χ3n) is 3.91. The van der Waals surface area contributed by atoms with Gasteiger partial charge in [-0.2, -0.15) is 0 Å². The zero-order valence-corrected chi connectivity index (χ0v) is 16.5. The first-order valence-electron chi connectivity index (χ1n) is 8.59. The Kier molecular flexibility index (Phi) is 7.89. The maximum Gasteiger partial charge on any atom is 0.180 e. The fraction of sp³-hybridized carbons (Fsp3) is 0.400. The van der Waals surface area contributed by atoms with Crippen LogP contribution >= 0.6 is 23.2 Å². The van der Waals surface area contributed by atoms with E-state index in [0.717, 1.165) is 24.1 Å². The highest BCUT2D eigenvalue weighted by Gasteiger charge is 2.13. The van der Waals surface area contributed by atoms with Crippen LogP contribution in [0.3, 0.4) is 0 Å². The first-order valence-corrected chi connectivity index (χ1v) is 9.34. The molecule has 2 rings (SSSR count). The maximum atomic E-state index is 6.46. The summed E-state index contributed by atoms with van der Waals surface area (Å²) in [6.07, 6.45) is 1.08. The molecule has 1 atom stereocenters. The third-order valence-corrected chi connectivity index (χ3v) is 4.42. The summed E-state index contributed by atoms with van der Waals surface area (Å²) in [6.45, 7) is 7.93. The monoisotopic (exact) mass is 381 g/mol. The lowest BCUT2D eigenvalue weighted by atomic mass is 10.1. The molecule has 0 amide bonds. The standard InChI is InChI=1S/C20H25Cl2NO2/c1-4-14(3)23-12-16-10-18(22)20(19(11-16)24-5-2)25-13-15-7-6-8-17(21)9-15/h6-11,14,23H,4-5,12-13H2,1-3H3/t14-/m1/s1. The maximum absolute atomic E-state index is 6.46. The molecule has 5 heteroatoms. The Morgan fingerprint density at radius 1 is 1.04 bits per heavy atom. The lowest BCUT2D eigenvalue weighted by Crippen LogP contribution is -2.24. The quantitative estimate of drug-likeness (QED) is 0.589. The van der Waals surface area contributed by atoms with Gasteiger partial charge >= 0.3 is 0 Å². The summed E-state index contributed by atoms with van der Waals surface area (Å²) in [5.74, 6) is 1.23. The van der Waals surface area contributed by atoms with Gasteiger partial charge in [-0.05, 0) is 55.7 Å². The van der Waals surface area contributed by atoms with Crippen LogP contribution in [-0.4, -0.2) is 12.6 Å². The summed E-state index contributed by atoms with van der Waals surface area (Å²) in [5, 5.41) is 4.69. The van der Waals surface area contributed by atoms with Gasteiger partial charge < -0.3 is 14.8 Å². The van der Waals surface area contributed by atoms with Gasteiger partial charge in [0, 0.05) is 17.6 Å². The summed E-state index contributed by atoms with van der Waals surface area (Å²) >= 11 is 12.5. The highest BCUT2D eigenvalue weighted by atomic mass is 35.5. The van der Waals surface area contributed by atoms with Crippen LogP contribution in [0.2, 0.25) is 10.0 Å². The third kappa shape index (κ3) is 6.10. The van der Waals surface area contributed by atoms with Crippen molar-refractivity contribution in [2.75, 3.05) is 6.61 Å². The molecule has 0 bridgehead atoms. The number of benzene rings is 2. The van der Waals surface area contributed by atoms with Gasteiger partial charge in [0.05, 0.1) is 11.6 Å². The number of rotatable bonds is 9. The molecule has 0 aromatic heterocycles. The molecule has 25 heavy (non-hydrogen) atoms. The molecule has 1 N–H and O–H groups in total. The Balaban J connectivity index is 2.15. The van der Waals surface area contributed by atoms with Gasteiger partial charge in [-0.25, -0.2) is 0 Å². The van der Waals surface area contributed by atoms with Crippen LogP contribution in [0.4, 0.5) is 0 Å². The Morgan fingerprint density at radius 2 is 1.84 bits per heavy atom. The normalized spacial score (nSPS) is 12.0. The Labute approximate surface area is 160 Å². The Bertz CT molecular complexity index is 691. The minimum atomic E-state index is 0.380. The summed E-state index contributed by atoms with van der Waals surface area (Å²) in [5.41, 5.74) is 2.05. The van der Waals surface area contributed by atoms with Crippen molar-refractivity contribution in [3.05, 3.63) is 57.6 Å². The molecule has 2 aromatic carbocycles. The molecular weight excluding hydrogens is 357 g/mol. The van der Waals surface area contributed by atoms with E-state index in [2.05, 4.69) is 19.2 Å². The van der Waals surface area contributed by atoms with E-state index < -0.39 is 0 Å². The summed E-state index contributed by atoms with van der Waals surface area (Å²) in [4.78, 5) is 0. The fourth-order valence-corrected chi connectivity index (χ4v) is 2.85. The van der Waals surface area contributed by atoms with Crippen LogP contribution in [-0.2, 0) is 13.2 Å². The molecule has 0 aliphatic heterocycles. The number of nitrogens with one attached hydrogen (secondary N) is 1. The van der Waals surface area contributed by atoms with E-state index in [1.807, 2.05) is 43.3 Å². The molecule has 0 spiro atoms. The van der Waals surface area contributed by atoms with Crippen molar-refractivity contribution < 1.29 is 9.47 Å². The van der Waals surface area contributed by atoms with E-state index in [9.17, 15) is 0 Å². The average Bonchev–Trinajstić information content (AvgIpc) is 2.59. The predicted octanol–water partition coefficient (Wildman–Crippen LogP) is 5.86. The topological polar surface area (TPSA) is 30.5 Å². The van der Waals surface area contributed by atoms with Gasteiger partial charge in [0.15, 0.2) is 11.5 Å². The van der Waals surface area contributed by atoms with Crippen molar-refractivity contribution in [2.45, 2.75) is 46.4 Å². The van der Waals surface area contributed by atoms with E-state index in [1.165, 1.54) is 0 Å². The molecular formula is C20H25Cl2NO2. The van der Waals surface area contributed by atoms with Crippen LogP contribution in [0.1, 0.15) is 38.3 Å². The van der Waals surface area contributed by atoms with E-state index in [4.69, 9.17) is 32.7 Å². The van der Waals surface area contributed by atoms with Gasteiger partial charge in [0.25, 0.3) is 0 Å². The molecule has 2 aromatic rings. The molecule has 0 aliphatic rings. The largest absolute Gasteiger partial charge is 0.490 e. The lowest BCUT2D eigenvalue weighted by molar-refractivity contribution is 0.269. The summed E-state index contributed by atoms with van der Waals surface area (Å²) in [7, 11) is 0. The highest BCUT2D eigenvalue weighted by molar-refractivity contribution is 6.32. The lowest BCUT2D eigenvalue weighted by Gasteiger charge is -2.17. The van der Waals surface area contributed by atoms with Crippen LogP contribution in [0.25, 0.3) is 0 Å². The highest BCUT2D eigenvalue weighted by Crippen LogP contribution is 2.37. The second-order valence-corrected chi connectivity index (χ2v) is 6.79. The van der Waals surface area contributed by atoms with Gasteiger partial charge in [-0.1, -0.05) is 42.3 Å². The molecule has 0 unspecified atom stereocenters. The smallest absolute Gasteiger partial charge is 0.180 e. The predicted molar refractivity (Wildman–Crippen MR) is 105 cm³/mol. The first-order chi connectivity index (χ1) is 12.0. The summed E-state index contributed by atoms with van der Waals surface area (Å²) in [6, 6.07) is 11.9. The van der Waals surface area contributed by atoms with Crippen molar-refractivity contribution in [1.29, 1.82) is 0 Å².